The van der Waals surface area contributed by atoms with Gasteiger partial charge in [0.1, 0.15) is 0 Å². The molecular formula is C6H8O6Si. The lowest BCUT2D eigenvalue weighted by atomic mass is 10.4. The second-order valence-corrected chi connectivity index (χ2v) is 4.43. The van der Waals surface area contributed by atoms with Crippen LogP contribution in [-0.4, -0.2) is 24.6 Å². The zero-order chi connectivity index (χ0) is 9.73. The molecule has 0 atom stereocenters. The second kappa shape index (κ2) is 4.44. The lowest BCUT2D eigenvalue weighted by Gasteiger charge is -2.18. The lowest BCUT2D eigenvalue weighted by molar-refractivity contribution is -0.311. The summed E-state index contributed by atoms with van der Waals surface area (Å²) in [4.78, 5) is 0. The smallest absolute Gasteiger partial charge is 0.258 e. The molecule has 0 saturated heterocycles. The maximum Gasteiger partial charge on any atom is 0.619 e. The standard InChI is InChI=1S/C6H8O6Si/c7-10-13(11-8,12-9)6-4-2-1-3-5-6/h1-5,7-9H. The Morgan fingerprint density at radius 3 is 1.69 bits per heavy atom. The fourth-order valence-corrected chi connectivity index (χ4v) is 1.87. The molecule has 0 amide bonds. The van der Waals surface area contributed by atoms with Crippen LogP contribution in [-0.2, 0) is 13.7 Å². The van der Waals surface area contributed by atoms with E-state index in [1.807, 2.05) is 0 Å². The van der Waals surface area contributed by atoms with Crippen molar-refractivity contribution in [2.75, 3.05) is 0 Å². The Hall–Kier alpha value is -0.803. The van der Waals surface area contributed by atoms with Crippen molar-refractivity contribution in [3.05, 3.63) is 30.3 Å². The van der Waals surface area contributed by atoms with E-state index in [1.54, 1.807) is 18.2 Å². The summed E-state index contributed by atoms with van der Waals surface area (Å²) in [5.41, 5.74) is 0. The predicted molar refractivity (Wildman–Crippen MR) is 43.0 cm³/mol. The van der Waals surface area contributed by atoms with Crippen LogP contribution in [0.25, 0.3) is 0 Å². The SMILES string of the molecule is OO[Si](OO)(OO)c1ccccc1. The summed E-state index contributed by atoms with van der Waals surface area (Å²) in [6, 6.07) is 7.85. The van der Waals surface area contributed by atoms with E-state index in [4.69, 9.17) is 15.8 Å². The van der Waals surface area contributed by atoms with Crippen molar-refractivity contribution in [1.29, 1.82) is 0 Å². The van der Waals surface area contributed by atoms with Crippen molar-refractivity contribution in [2.45, 2.75) is 0 Å². The molecule has 3 N–H and O–H groups in total. The summed E-state index contributed by atoms with van der Waals surface area (Å²) in [6.45, 7) is 0. The molecule has 13 heavy (non-hydrogen) atoms. The normalized spacial score (nSPS) is 11.6. The van der Waals surface area contributed by atoms with Crippen molar-refractivity contribution in [3.8, 4) is 0 Å². The van der Waals surface area contributed by atoms with E-state index >= 15 is 0 Å². The Balaban J connectivity index is 3.01. The van der Waals surface area contributed by atoms with E-state index in [0.717, 1.165) is 0 Å². The van der Waals surface area contributed by atoms with Gasteiger partial charge in [0.05, 0.1) is 0 Å². The molecular weight excluding hydrogens is 196 g/mol. The Bertz CT molecular complexity index is 240. The largest absolute Gasteiger partial charge is 0.619 e. The molecule has 0 fully saturated rings. The van der Waals surface area contributed by atoms with Gasteiger partial charge in [-0.15, -0.1) is 0 Å². The molecule has 0 aliphatic heterocycles. The predicted octanol–water partition coefficient (Wildman–Crippen LogP) is 0.301. The number of hydrogen-bond donors (Lipinski definition) is 3. The van der Waals surface area contributed by atoms with Crippen LogP contribution < -0.4 is 5.19 Å². The van der Waals surface area contributed by atoms with Gasteiger partial charge in [0.2, 0.25) is 0 Å². The van der Waals surface area contributed by atoms with Crippen LogP contribution in [0, 0.1) is 0 Å². The minimum atomic E-state index is -3.93. The molecule has 72 valence electrons. The van der Waals surface area contributed by atoms with Crippen LogP contribution >= 0.6 is 0 Å². The molecule has 0 saturated carbocycles. The third-order valence-electron chi connectivity index (χ3n) is 1.49. The highest BCUT2D eigenvalue weighted by molar-refractivity contribution is 6.74. The molecule has 1 rings (SSSR count). The summed E-state index contributed by atoms with van der Waals surface area (Å²) in [7, 11) is -3.93. The highest BCUT2D eigenvalue weighted by Gasteiger charge is 2.47. The Morgan fingerprint density at radius 1 is 0.846 bits per heavy atom. The average Bonchev–Trinajstić information content (AvgIpc) is 2.23. The van der Waals surface area contributed by atoms with E-state index in [9.17, 15) is 0 Å². The fourth-order valence-electron chi connectivity index (χ4n) is 0.850. The summed E-state index contributed by atoms with van der Waals surface area (Å²) >= 11 is 0. The van der Waals surface area contributed by atoms with Gasteiger partial charge in [-0.05, 0) is 0 Å². The zero-order valence-corrected chi connectivity index (χ0v) is 7.45. The van der Waals surface area contributed by atoms with Crippen molar-refractivity contribution >= 4 is 14.0 Å². The van der Waals surface area contributed by atoms with Gasteiger partial charge < -0.3 is 0 Å². The maximum absolute atomic E-state index is 8.42. The quantitative estimate of drug-likeness (QED) is 0.371. The molecule has 0 aromatic heterocycles. The van der Waals surface area contributed by atoms with Crippen molar-refractivity contribution in [2.24, 2.45) is 0 Å². The van der Waals surface area contributed by atoms with E-state index in [2.05, 4.69) is 13.7 Å². The van der Waals surface area contributed by atoms with Crippen molar-refractivity contribution in [1.82, 2.24) is 0 Å². The molecule has 1 aromatic rings. The van der Waals surface area contributed by atoms with Crippen LogP contribution in [0.2, 0.25) is 0 Å². The molecule has 7 heteroatoms. The van der Waals surface area contributed by atoms with Crippen molar-refractivity contribution < 1.29 is 29.5 Å². The third kappa shape index (κ3) is 1.92. The van der Waals surface area contributed by atoms with Crippen molar-refractivity contribution in [3.63, 3.8) is 0 Å². The molecule has 0 aliphatic rings. The van der Waals surface area contributed by atoms with Crippen LogP contribution in [0.15, 0.2) is 30.3 Å². The molecule has 0 bridgehead atoms. The first kappa shape index (κ1) is 10.3. The topological polar surface area (TPSA) is 88.4 Å². The van der Waals surface area contributed by atoms with E-state index in [1.165, 1.54) is 12.1 Å². The highest BCUT2D eigenvalue weighted by Crippen LogP contribution is 2.05. The minimum Gasteiger partial charge on any atom is -0.258 e. The van der Waals surface area contributed by atoms with Gasteiger partial charge in [0.25, 0.3) is 0 Å². The van der Waals surface area contributed by atoms with E-state index in [-0.39, 0.29) is 5.19 Å². The molecule has 0 spiro atoms. The van der Waals surface area contributed by atoms with Crippen LogP contribution in [0.4, 0.5) is 0 Å². The summed E-state index contributed by atoms with van der Waals surface area (Å²) in [5, 5.41) is 25.5. The molecule has 1 aromatic carbocycles. The molecule has 0 unspecified atom stereocenters. The summed E-state index contributed by atoms with van der Waals surface area (Å²) < 4.78 is 11.5. The molecule has 0 heterocycles. The summed E-state index contributed by atoms with van der Waals surface area (Å²) in [6.07, 6.45) is 0. The van der Waals surface area contributed by atoms with Crippen LogP contribution in [0.1, 0.15) is 0 Å². The number of hydrogen-bond acceptors (Lipinski definition) is 6. The number of rotatable bonds is 4. The van der Waals surface area contributed by atoms with Gasteiger partial charge in [-0.3, -0.25) is 15.8 Å². The first-order valence-corrected chi connectivity index (χ1v) is 5.05. The van der Waals surface area contributed by atoms with E-state index < -0.39 is 8.80 Å². The number of benzene rings is 1. The van der Waals surface area contributed by atoms with E-state index in [0.29, 0.717) is 0 Å². The Kier molecular flexibility index (Phi) is 3.51. The van der Waals surface area contributed by atoms with Gasteiger partial charge >= 0.3 is 8.80 Å². The molecule has 6 nitrogen and oxygen atoms in total. The fraction of sp³-hybridized carbons (Fsp3) is 0. The Morgan fingerprint density at radius 2 is 1.31 bits per heavy atom. The van der Waals surface area contributed by atoms with Crippen LogP contribution in [0.5, 0.6) is 0 Å². The van der Waals surface area contributed by atoms with Gasteiger partial charge in [0.15, 0.2) is 0 Å². The second-order valence-electron chi connectivity index (χ2n) is 2.20. The summed E-state index contributed by atoms with van der Waals surface area (Å²) in [5.74, 6) is 0. The Labute approximate surface area is 74.7 Å². The first-order valence-electron chi connectivity index (χ1n) is 3.32. The first-order chi connectivity index (χ1) is 6.29. The molecule has 0 radical (unpaired) electrons. The van der Waals surface area contributed by atoms with Crippen LogP contribution in [0.3, 0.4) is 0 Å². The van der Waals surface area contributed by atoms with Gasteiger partial charge in [-0.25, -0.2) is 13.7 Å². The van der Waals surface area contributed by atoms with Gasteiger partial charge in [0, 0.05) is 5.19 Å². The molecule has 0 aliphatic carbocycles. The monoisotopic (exact) mass is 204 g/mol. The average molecular weight is 204 g/mol. The van der Waals surface area contributed by atoms with Gasteiger partial charge in [-0.2, -0.15) is 0 Å². The maximum atomic E-state index is 8.42. The van der Waals surface area contributed by atoms with Gasteiger partial charge in [-0.1, -0.05) is 30.3 Å². The third-order valence-corrected chi connectivity index (χ3v) is 3.25. The zero-order valence-electron chi connectivity index (χ0n) is 6.45. The highest BCUT2D eigenvalue weighted by atomic mass is 28.4. The lowest BCUT2D eigenvalue weighted by Crippen LogP contribution is -2.54. The minimum absolute atomic E-state index is 0.225.